The molecule has 1 fully saturated rings. The minimum atomic E-state index is -0.614. The lowest BCUT2D eigenvalue weighted by Crippen LogP contribution is -2.46. The number of halogens is 1. The molecule has 1 unspecified atom stereocenters. The van der Waals surface area contributed by atoms with E-state index < -0.39 is 17.8 Å². The highest BCUT2D eigenvalue weighted by atomic mass is 32.1. The predicted molar refractivity (Wildman–Crippen MR) is 148 cm³/mol. The largest absolute Gasteiger partial charge is 0.496 e. The van der Waals surface area contributed by atoms with Crippen molar-refractivity contribution in [2.75, 3.05) is 53.0 Å². The molecular formula is C29H31FN4O4S. The molecule has 0 aliphatic carbocycles. The third-order valence-corrected chi connectivity index (χ3v) is 7.90. The molecule has 0 N–H and O–H groups in total. The number of hydrazone groups is 1. The van der Waals surface area contributed by atoms with Crippen molar-refractivity contribution < 1.29 is 23.5 Å². The molecular weight excluding hydrogens is 519 g/mol. The van der Waals surface area contributed by atoms with Crippen molar-refractivity contribution in [3.8, 4) is 5.75 Å². The van der Waals surface area contributed by atoms with Gasteiger partial charge in [-0.1, -0.05) is 36.4 Å². The van der Waals surface area contributed by atoms with Gasteiger partial charge in [0.05, 0.1) is 42.5 Å². The monoisotopic (exact) mass is 550 g/mol. The molecule has 3 aromatic rings. The van der Waals surface area contributed by atoms with Gasteiger partial charge in [0.1, 0.15) is 18.1 Å². The summed E-state index contributed by atoms with van der Waals surface area (Å²) in [5, 5.41) is 8.17. The predicted octanol–water partition coefficient (Wildman–Crippen LogP) is 4.05. The fourth-order valence-corrected chi connectivity index (χ4v) is 5.62. The number of ether oxygens (including phenoxy) is 2. The number of rotatable bonds is 9. The first kappa shape index (κ1) is 27.0. The van der Waals surface area contributed by atoms with Crippen LogP contribution in [0.25, 0.3) is 0 Å². The van der Waals surface area contributed by atoms with Gasteiger partial charge in [0.25, 0.3) is 11.8 Å². The number of carbonyl (C=O) groups is 2. The summed E-state index contributed by atoms with van der Waals surface area (Å²) in [6.45, 7) is 3.32. The van der Waals surface area contributed by atoms with Crippen LogP contribution in [0.15, 0.2) is 71.1 Å². The van der Waals surface area contributed by atoms with E-state index in [1.54, 1.807) is 24.5 Å². The van der Waals surface area contributed by atoms with Gasteiger partial charge in [-0.05, 0) is 29.6 Å². The number of para-hydroxylation sites is 1. The second-order valence-corrected chi connectivity index (χ2v) is 10.3. The number of nitrogens with zero attached hydrogens (tertiary/aromatic N) is 4. The maximum Gasteiger partial charge on any atom is 0.262 e. The van der Waals surface area contributed by atoms with Crippen LogP contribution in [0.2, 0.25) is 0 Å². The molecule has 0 saturated carbocycles. The summed E-state index contributed by atoms with van der Waals surface area (Å²) in [5.74, 6) is -0.818. The van der Waals surface area contributed by atoms with E-state index in [4.69, 9.17) is 14.6 Å². The van der Waals surface area contributed by atoms with Crippen LogP contribution in [0.4, 0.5) is 4.39 Å². The van der Waals surface area contributed by atoms with Crippen molar-refractivity contribution in [1.82, 2.24) is 14.8 Å². The number of hydrogen-bond acceptors (Lipinski definition) is 7. The van der Waals surface area contributed by atoms with Crippen LogP contribution < -0.4 is 4.74 Å². The van der Waals surface area contributed by atoms with Crippen LogP contribution in [0, 0.1) is 5.82 Å². The van der Waals surface area contributed by atoms with Crippen molar-refractivity contribution >= 4 is 28.9 Å². The van der Waals surface area contributed by atoms with Crippen LogP contribution in [0.1, 0.15) is 33.3 Å². The molecule has 39 heavy (non-hydrogen) atoms. The minimum Gasteiger partial charge on any atom is -0.496 e. The summed E-state index contributed by atoms with van der Waals surface area (Å²) in [6, 6.07) is 17.0. The third-order valence-electron chi connectivity index (χ3n) is 6.98. The Bertz CT molecular complexity index is 1330. The summed E-state index contributed by atoms with van der Waals surface area (Å²) in [6.07, 6.45) is 0.516. The van der Waals surface area contributed by atoms with Crippen LogP contribution in [-0.4, -0.2) is 85.4 Å². The van der Waals surface area contributed by atoms with Crippen molar-refractivity contribution in [1.29, 1.82) is 0 Å². The molecule has 2 aliphatic heterocycles. The van der Waals surface area contributed by atoms with Crippen molar-refractivity contribution in [2.45, 2.75) is 12.5 Å². The second-order valence-electron chi connectivity index (χ2n) is 9.38. The SMILES string of the molecule is COc1ccccc1C1CC(c2cccs2)=NN1C(=O)CN(CCN1CCOCC1)C(=O)c1ccccc1F. The Balaban J connectivity index is 1.42. The summed E-state index contributed by atoms with van der Waals surface area (Å²) < 4.78 is 25.6. The summed E-state index contributed by atoms with van der Waals surface area (Å²) in [4.78, 5) is 32.0. The summed E-state index contributed by atoms with van der Waals surface area (Å²) in [7, 11) is 1.60. The number of morpholine rings is 1. The highest BCUT2D eigenvalue weighted by molar-refractivity contribution is 7.12. The second kappa shape index (κ2) is 12.5. The molecule has 0 bridgehead atoms. The zero-order valence-electron chi connectivity index (χ0n) is 21.8. The number of benzene rings is 2. The smallest absolute Gasteiger partial charge is 0.262 e. The normalized spacial score (nSPS) is 17.6. The van der Waals surface area contributed by atoms with Gasteiger partial charge < -0.3 is 14.4 Å². The molecule has 204 valence electrons. The van der Waals surface area contributed by atoms with Gasteiger partial charge in [0, 0.05) is 38.2 Å². The first-order valence-corrected chi connectivity index (χ1v) is 13.8. The van der Waals surface area contributed by atoms with Crippen LogP contribution in [0.3, 0.4) is 0 Å². The zero-order valence-corrected chi connectivity index (χ0v) is 22.6. The molecule has 2 amide bonds. The van der Waals surface area contributed by atoms with Crippen molar-refractivity contribution in [3.63, 3.8) is 0 Å². The van der Waals surface area contributed by atoms with E-state index in [2.05, 4.69) is 4.90 Å². The van der Waals surface area contributed by atoms with E-state index in [-0.39, 0.29) is 24.6 Å². The van der Waals surface area contributed by atoms with Crippen LogP contribution in [-0.2, 0) is 9.53 Å². The van der Waals surface area contributed by atoms with Gasteiger partial charge in [-0.15, -0.1) is 11.3 Å². The molecule has 1 aromatic heterocycles. The van der Waals surface area contributed by atoms with E-state index in [1.807, 2.05) is 41.8 Å². The van der Waals surface area contributed by atoms with E-state index in [9.17, 15) is 14.0 Å². The Labute approximate surface area is 231 Å². The fourth-order valence-electron chi connectivity index (χ4n) is 4.90. The standard InChI is InChI=1S/C29H31FN4O4S/c1-37-26-10-5-3-8-22(26)25-19-24(27-11-6-18-39-27)31-34(25)28(35)20-33(13-12-32-14-16-38-17-15-32)29(36)21-7-2-4-9-23(21)30/h2-11,18,25H,12-17,19-20H2,1H3. The van der Waals surface area contributed by atoms with Gasteiger partial charge >= 0.3 is 0 Å². The molecule has 0 radical (unpaired) electrons. The van der Waals surface area contributed by atoms with Crippen molar-refractivity contribution in [2.24, 2.45) is 5.10 Å². The molecule has 2 aliphatic rings. The molecule has 0 spiro atoms. The Morgan fingerprint density at radius 1 is 1.10 bits per heavy atom. The highest BCUT2D eigenvalue weighted by Crippen LogP contribution is 2.38. The van der Waals surface area contributed by atoms with Gasteiger partial charge in [-0.2, -0.15) is 5.10 Å². The van der Waals surface area contributed by atoms with Gasteiger partial charge in [-0.3, -0.25) is 14.5 Å². The number of methoxy groups -OCH3 is 1. The molecule has 10 heteroatoms. The maximum absolute atomic E-state index is 14.6. The molecule has 1 saturated heterocycles. The fraction of sp³-hybridized carbons (Fsp3) is 0.345. The van der Waals surface area contributed by atoms with E-state index >= 15 is 0 Å². The molecule has 2 aromatic carbocycles. The summed E-state index contributed by atoms with van der Waals surface area (Å²) >= 11 is 1.56. The van der Waals surface area contributed by atoms with Gasteiger partial charge in [0.15, 0.2) is 0 Å². The quantitative estimate of drug-likeness (QED) is 0.402. The Morgan fingerprint density at radius 3 is 2.62 bits per heavy atom. The Kier molecular flexibility index (Phi) is 8.65. The average Bonchev–Trinajstić information content (AvgIpc) is 3.66. The third kappa shape index (κ3) is 6.19. The van der Waals surface area contributed by atoms with Crippen LogP contribution in [0.5, 0.6) is 5.75 Å². The number of amides is 2. The minimum absolute atomic E-state index is 0.0576. The number of hydrogen-bond donors (Lipinski definition) is 0. The first-order chi connectivity index (χ1) is 19.0. The molecule has 1 atom stereocenters. The summed E-state index contributed by atoms with van der Waals surface area (Å²) in [5.41, 5.74) is 1.58. The van der Waals surface area contributed by atoms with E-state index in [0.717, 1.165) is 29.2 Å². The van der Waals surface area contributed by atoms with E-state index in [0.29, 0.717) is 31.9 Å². The average molecular weight is 551 g/mol. The Hall–Kier alpha value is -3.60. The molecule has 5 rings (SSSR count). The van der Waals surface area contributed by atoms with Crippen LogP contribution >= 0.6 is 11.3 Å². The van der Waals surface area contributed by atoms with Gasteiger partial charge in [-0.25, -0.2) is 9.40 Å². The van der Waals surface area contributed by atoms with Crippen molar-refractivity contribution in [3.05, 3.63) is 87.9 Å². The Morgan fingerprint density at radius 2 is 1.87 bits per heavy atom. The lowest BCUT2D eigenvalue weighted by molar-refractivity contribution is -0.133. The zero-order chi connectivity index (χ0) is 27.2. The maximum atomic E-state index is 14.6. The molecule has 8 nitrogen and oxygen atoms in total. The lowest BCUT2D eigenvalue weighted by atomic mass is 10.00. The topological polar surface area (TPSA) is 74.7 Å². The number of carbonyl (C=O) groups excluding carboxylic acids is 2. The van der Waals surface area contributed by atoms with E-state index in [1.165, 1.54) is 28.1 Å². The lowest BCUT2D eigenvalue weighted by Gasteiger charge is -2.31. The number of thiophene rings is 1. The molecule has 3 heterocycles. The highest BCUT2D eigenvalue weighted by Gasteiger charge is 2.36. The first-order valence-electron chi connectivity index (χ1n) is 13.0. The van der Waals surface area contributed by atoms with Gasteiger partial charge in [0.2, 0.25) is 0 Å².